The molecule has 1 unspecified atom stereocenters. The van der Waals surface area contributed by atoms with E-state index in [0.29, 0.717) is 12.1 Å². The number of hydrogen-bond acceptors (Lipinski definition) is 3. The summed E-state index contributed by atoms with van der Waals surface area (Å²) in [5, 5.41) is 11.9. The Morgan fingerprint density at radius 1 is 2.00 bits per heavy atom. The number of aliphatic hydroxyl groups excluding tert-OH is 1. The first-order valence-corrected chi connectivity index (χ1v) is 3.56. The van der Waals surface area contributed by atoms with Crippen molar-refractivity contribution >= 4 is 5.91 Å². The van der Waals surface area contributed by atoms with Crippen LogP contribution >= 0.6 is 0 Å². The van der Waals surface area contributed by atoms with E-state index in [9.17, 15) is 4.79 Å². The first-order valence-electron chi connectivity index (χ1n) is 3.56. The van der Waals surface area contributed by atoms with Crippen LogP contribution in [-0.4, -0.2) is 23.2 Å². The molecule has 0 aromatic carbocycles. The van der Waals surface area contributed by atoms with E-state index < -0.39 is 12.0 Å². The SMILES string of the molecule is C[C@H](O)C1CC=C(C(N)=O)N1. The zero-order valence-electron chi connectivity index (χ0n) is 6.37. The lowest BCUT2D eigenvalue weighted by Crippen LogP contribution is -2.36. The maximum Gasteiger partial charge on any atom is 0.264 e. The number of aliphatic hydroxyl groups is 1. The molecule has 4 N–H and O–H groups in total. The summed E-state index contributed by atoms with van der Waals surface area (Å²) in [6.45, 7) is 1.68. The molecule has 1 rings (SSSR count). The Balaban J connectivity index is 2.49. The second-order valence-corrected chi connectivity index (χ2v) is 2.71. The summed E-state index contributed by atoms with van der Waals surface area (Å²) in [7, 11) is 0. The van der Waals surface area contributed by atoms with Crippen molar-refractivity contribution in [2.24, 2.45) is 5.73 Å². The minimum atomic E-state index is -0.465. The summed E-state index contributed by atoms with van der Waals surface area (Å²) in [4.78, 5) is 10.6. The molecular formula is C7H12N2O2. The molecule has 1 aliphatic rings. The van der Waals surface area contributed by atoms with Gasteiger partial charge in [-0.2, -0.15) is 0 Å². The monoisotopic (exact) mass is 156 g/mol. The lowest BCUT2D eigenvalue weighted by Gasteiger charge is -2.14. The summed E-state index contributed by atoms with van der Waals surface area (Å²) >= 11 is 0. The molecule has 1 amide bonds. The Morgan fingerprint density at radius 3 is 2.91 bits per heavy atom. The normalized spacial score (nSPS) is 25.6. The molecule has 0 aliphatic carbocycles. The van der Waals surface area contributed by atoms with Gasteiger partial charge in [-0.3, -0.25) is 4.79 Å². The number of carbonyl (C=O) groups excluding carboxylic acids is 1. The van der Waals surface area contributed by atoms with Crippen molar-refractivity contribution in [1.82, 2.24) is 5.32 Å². The molecule has 1 heterocycles. The molecule has 0 bridgehead atoms. The molecule has 0 radical (unpaired) electrons. The van der Waals surface area contributed by atoms with Crippen molar-refractivity contribution in [3.05, 3.63) is 11.8 Å². The number of carbonyl (C=O) groups is 1. The van der Waals surface area contributed by atoms with Gasteiger partial charge in [0.15, 0.2) is 0 Å². The van der Waals surface area contributed by atoms with Crippen molar-refractivity contribution in [3.8, 4) is 0 Å². The Hall–Kier alpha value is -1.03. The second kappa shape index (κ2) is 2.92. The summed E-state index contributed by atoms with van der Waals surface area (Å²) in [5.41, 5.74) is 5.42. The quantitative estimate of drug-likeness (QED) is 0.485. The van der Waals surface area contributed by atoms with Crippen molar-refractivity contribution in [1.29, 1.82) is 0 Å². The van der Waals surface area contributed by atoms with Gasteiger partial charge in [-0.25, -0.2) is 0 Å². The molecule has 0 saturated heterocycles. The molecule has 62 valence electrons. The molecule has 2 atom stereocenters. The Morgan fingerprint density at radius 2 is 2.64 bits per heavy atom. The van der Waals surface area contributed by atoms with Gasteiger partial charge < -0.3 is 16.2 Å². The summed E-state index contributed by atoms with van der Waals surface area (Å²) in [5.74, 6) is -0.465. The van der Waals surface area contributed by atoms with Crippen LogP contribution in [0.25, 0.3) is 0 Å². The maximum absolute atomic E-state index is 10.6. The van der Waals surface area contributed by atoms with Gasteiger partial charge in [-0.05, 0) is 13.3 Å². The molecule has 0 saturated carbocycles. The highest BCUT2D eigenvalue weighted by Gasteiger charge is 2.22. The molecule has 0 fully saturated rings. The lowest BCUT2D eigenvalue weighted by atomic mass is 10.1. The van der Waals surface area contributed by atoms with Crippen molar-refractivity contribution in [2.45, 2.75) is 25.5 Å². The van der Waals surface area contributed by atoms with E-state index in [1.807, 2.05) is 0 Å². The average molecular weight is 156 g/mol. The van der Waals surface area contributed by atoms with Crippen molar-refractivity contribution in [2.75, 3.05) is 0 Å². The fourth-order valence-electron chi connectivity index (χ4n) is 1.05. The van der Waals surface area contributed by atoms with Crippen LogP contribution in [-0.2, 0) is 4.79 Å². The van der Waals surface area contributed by atoms with Crippen LogP contribution in [0.4, 0.5) is 0 Å². The highest BCUT2D eigenvalue weighted by molar-refractivity contribution is 5.91. The summed E-state index contributed by atoms with van der Waals surface area (Å²) in [6, 6.07) is -0.0579. The van der Waals surface area contributed by atoms with E-state index in [-0.39, 0.29) is 6.04 Å². The Labute approximate surface area is 65.1 Å². The van der Waals surface area contributed by atoms with E-state index in [1.54, 1.807) is 13.0 Å². The Bertz CT molecular complexity index is 199. The molecule has 0 spiro atoms. The number of nitrogens with two attached hydrogens (primary N) is 1. The summed E-state index contributed by atoms with van der Waals surface area (Å²) < 4.78 is 0. The zero-order valence-corrected chi connectivity index (χ0v) is 6.37. The highest BCUT2D eigenvalue weighted by Crippen LogP contribution is 2.11. The van der Waals surface area contributed by atoms with E-state index in [1.165, 1.54) is 0 Å². The predicted octanol–water partition coefficient (Wildman–Crippen LogP) is -0.902. The van der Waals surface area contributed by atoms with Gasteiger partial charge in [0.25, 0.3) is 5.91 Å². The minimum absolute atomic E-state index is 0.0579. The molecule has 1 aliphatic heterocycles. The molecular weight excluding hydrogens is 144 g/mol. The third-order valence-electron chi connectivity index (χ3n) is 1.76. The van der Waals surface area contributed by atoms with Gasteiger partial charge >= 0.3 is 0 Å². The van der Waals surface area contributed by atoms with E-state index in [2.05, 4.69) is 5.32 Å². The fourth-order valence-corrected chi connectivity index (χ4v) is 1.05. The van der Waals surface area contributed by atoms with Crippen molar-refractivity contribution in [3.63, 3.8) is 0 Å². The standard InChI is InChI=1S/C7H12N2O2/c1-4(10)5-2-3-6(9-5)7(8)11/h3-5,9-10H,2H2,1H3,(H2,8,11)/t4-,5?/m0/s1. The largest absolute Gasteiger partial charge is 0.391 e. The number of primary amides is 1. The van der Waals surface area contributed by atoms with E-state index in [0.717, 1.165) is 0 Å². The second-order valence-electron chi connectivity index (χ2n) is 2.71. The van der Waals surface area contributed by atoms with Crippen LogP contribution in [0.1, 0.15) is 13.3 Å². The molecule has 0 aromatic rings. The first-order chi connectivity index (χ1) is 5.11. The number of amides is 1. The van der Waals surface area contributed by atoms with Crippen LogP contribution in [0, 0.1) is 0 Å². The molecule has 4 heteroatoms. The summed E-state index contributed by atoms with van der Waals surface area (Å²) in [6.07, 6.45) is 1.92. The van der Waals surface area contributed by atoms with Gasteiger partial charge in [-0.15, -0.1) is 0 Å². The predicted molar refractivity (Wildman–Crippen MR) is 40.5 cm³/mol. The average Bonchev–Trinajstić information content (AvgIpc) is 2.33. The van der Waals surface area contributed by atoms with E-state index >= 15 is 0 Å². The van der Waals surface area contributed by atoms with Gasteiger partial charge in [0.05, 0.1) is 17.8 Å². The maximum atomic E-state index is 10.6. The smallest absolute Gasteiger partial charge is 0.264 e. The van der Waals surface area contributed by atoms with Crippen LogP contribution in [0.3, 0.4) is 0 Å². The van der Waals surface area contributed by atoms with Gasteiger partial charge in [0, 0.05) is 0 Å². The molecule has 4 nitrogen and oxygen atoms in total. The molecule has 0 aromatic heterocycles. The van der Waals surface area contributed by atoms with Gasteiger partial charge in [0.1, 0.15) is 0 Å². The lowest BCUT2D eigenvalue weighted by molar-refractivity contribution is -0.114. The number of rotatable bonds is 2. The third kappa shape index (κ3) is 1.71. The van der Waals surface area contributed by atoms with Crippen LogP contribution < -0.4 is 11.1 Å². The van der Waals surface area contributed by atoms with Crippen LogP contribution in [0.5, 0.6) is 0 Å². The Kier molecular flexibility index (Phi) is 2.14. The number of nitrogens with one attached hydrogen (secondary N) is 1. The minimum Gasteiger partial charge on any atom is -0.391 e. The van der Waals surface area contributed by atoms with E-state index in [4.69, 9.17) is 10.8 Å². The third-order valence-corrected chi connectivity index (χ3v) is 1.76. The topological polar surface area (TPSA) is 75.3 Å². The highest BCUT2D eigenvalue weighted by atomic mass is 16.3. The fraction of sp³-hybridized carbons (Fsp3) is 0.571. The number of hydrogen-bond donors (Lipinski definition) is 3. The van der Waals surface area contributed by atoms with Crippen molar-refractivity contribution < 1.29 is 9.90 Å². The van der Waals surface area contributed by atoms with Crippen LogP contribution in [0.15, 0.2) is 11.8 Å². The van der Waals surface area contributed by atoms with Crippen LogP contribution in [0.2, 0.25) is 0 Å². The molecule has 11 heavy (non-hydrogen) atoms. The zero-order chi connectivity index (χ0) is 8.43. The van der Waals surface area contributed by atoms with Gasteiger partial charge in [0.2, 0.25) is 0 Å². The van der Waals surface area contributed by atoms with Gasteiger partial charge in [-0.1, -0.05) is 6.08 Å². The first kappa shape index (κ1) is 8.07.